The number of likely N-dealkylation sites (tertiary alicyclic amines) is 1. The number of rotatable bonds is 2. The third-order valence-electron chi connectivity index (χ3n) is 3.24. The fourth-order valence-electron chi connectivity index (χ4n) is 2.19. The summed E-state index contributed by atoms with van der Waals surface area (Å²) in [4.78, 5) is 13.8. The van der Waals surface area contributed by atoms with Crippen LogP contribution in [0.1, 0.15) is 22.7 Å². The Bertz CT molecular complexity index is 597. The first-order chi connectivity index (χ1) is 9.10. The molecule has 2 aromatic rings. The summed E-state index contributed by atoms with van der Waals surface area (Å²) in [5.41, 5.74) is -0.705. The van der Waals surface area contributed by atoms with Gasteiger partial charge in [-0.15, -0.1) is 0 Å². The monoisotopic (exact) mass is 326 g/mol. The van der Waals surface area contributed by atoms with Crippen molar-refractivity contribution >= 4 is 21.8 Å². The Hall–Kier alpha value is -1.67. The van der Waals surface area contributed by atoms with Gasteiger partial charge >= 0.3 is 0 Å². The molecule has 0 aliphatic carbocycles. The maximum absolute atomic E-state index is 12.2. The number of aliphatic hydroxyl groups is 1. The quantitative estimate of drug-likeness (QED) is 0.854. The molecule has 19 heavy (non-hydrogen) atoms. The average molecular weight is 327 g/mol. The second-order valence-electron chi connectivity index (χ2n) is 4.46. The molecule has 0 aromatic carbocycles. The highest BCUT2D eigenvalue weighted by molar-refractivity contribution is 9.10. The van der Waals surface area contributed by atoms with Crippen LogP contribution in [0.5, 0.6) is 0 Å². The molecule has 1 amide bonds. The number of carbonyl (C=O) groups is 1. The van der Waals surface area contributed by atoms with Gasteiger partial charge in [-0.25, -0.2) is 0 Å². The normalized spacial score (nSPS) is 22.9. The van der Waals surface area contributed by atoms with E-state index in [-0.39, 0.29) is 18.2 Å². The van der Waals surface area contributed by atoms with Crippen LogP contribution in [0.4, 0.5) is 0 Å². The zero-order valence-electron chi connectivity index (χ0n) is 9.84. The van der Waals surface area contributed by atoms with Crippen molar-refractivity contribution in [2.75, 3.05) is 13.1 Å². The minimum Gasteiger partial charge on any atom is -0.458 e. The third kappa shape index (κ3) is 2.06. The van der Waals surface area contributed by atoms with E-state index in [1.807, 2.05) is 0 Å². The van der Waals surface area contributed by atoms with Gasteiger partial charge in [0.25, 0.3) is 5.91 Å². The Morgan fingerprint density at radius 2 is 2.47 bits per heavy atom. The Labute approximate surface area is 116 Å². The molecule has 0 bridgehead atoms. The fourth-order valence-corrected chi connectivity index (χ4v) is 2.56. The largest absolute Gasteiger partial charge is 0.458 e. The third-order valence-corrected chi connectivity index (χ3v) is 3.86. The molecule has 7 nitrogen and oxygen atoms in total. The molecule has 1 fully saturated rings. The molecule has 1 aliphatic heterocycles. The highest BCUT2D eigenvalue weighted by Crippen LogP contribution is 2.31. The zero-order valence-corrected chi connectivity index (χ0v) is 11.4. The maximum Gasteiger partial charge on any atom is 0.290 e. The predicted molar refractivity (Wildman–Crippen MR) is 67.2 cm³/mol. The first kappa shape index (κ1) is 12.4. The lowest BCUT2D eigenvalue weighted by molar-refractivity contribution is 0.0373. The van der Waals surface area contributed by atoms with E-state index in [4.69, 9.17) is 4.42 Å². The summed E-state index contributed by atoms with van der Waals surface area (Å²) in [6.45, 7) is 0.612. The van der Waals surface area contributed by atoms with Crippen molar-refractivity contribution in [3.05, 3.63) is 34.5 Å². The molecule has 2 N–H and O–H groups in total. The number of halogens is 1. The van der Waals surface area contributed by atoms with Crippen LogP contribution in [0, 0.1) is 0 Å². The molecule has 2 aromatic heterocycles. The summed E-state index contributed by atoms with van der Waals surface area (Å²) in [5.74, 6) is -0.0132. The molecule has 1 saturated heterocycles. The van der Waals surface area contributed by atoms with Crippen molar-refractivity contribution in [1.29, 1.82) is 0 Å². The number of aromatic nitrogens is 3. The minimum absolute atomic E-state index is 0.172. The van der Waals surface area contributed by atoms with Gasteiger partial charge in [0.15, 0.2) is 0 Å². The van der Waals surface area contributed by atoms with E-state index < -0.39 is 5.60 Å². The summed E-state index contributed by atoms with van der Waals surface area (Å²) in [5, 5.41) is 20.5. The summed E-state index contributed by atoms with van der Waals surface area (Å²) in [7, 11) is 0. The number of nitrogens with one attached hydrogen (secondary N) is 1. The van der Waals surface area contributed by atoms with Gasteiger partial charge in [0, 0.05) is 13.0 Å². The first-order valence-electron chi connectivity index (χ1n) is 5.71. The summed E-state index contributed by atoms with van der Waals surface area (Å²) in [6, 6.07) is 1.66. The highest BCUT2D eigenvalue weighted by atomic mass is 79.9. The van der Waals surface area contributed by atoms with Gasteiger partial charge in [-0.2, -0.15) is 15.4 Å². The predicted octanol–water partition coefficient (Wildman–Crippen LogP) is 0.894. The van der Waals surface area contributed by atoms with E-state index in [9.17, 15) is 9.90 Å². The lowest BCUT2D eigenvalue weighted by Gasteiger charge is -2.20. The number of furan rings is 1. The summed E-state index contributed by atoms with van der Waals surface area (Å²) < 4.78 is 5.75. The number of hydrogen-bond donors (Lipinski definition) is 2. The van der Waals surface area contributed by atoms with Crippen LogP contribution in [-0.4, -0.2) is 44.4 Å². The second-order valence-corrected chi connectivity index (χ2v) is 5.32. The number of hydrogen-bond acceptors (Lipinski definition) is 5. The highest BCUT2D eigenvalue weighted by Gasteiger charge is 2.42. The van der Waals surface area contributed by atoms with Crippen molar-refractivity contribution in [2.24, 2.45) is 0 Å². The summed E-state index contributed by atoms with van der Waals surface area (Å²) >= 11 is 3.25. The van der Waals surface area contributed by atoms with Gasteiger partial charge in [-0.3, -0.25) is 4.79 Å². The molecule has 3 heterocycles. The Morgan fingerprint density at radius 3 is 3.11 bits per heavy atom. The van der Waals surface area contributed by atoms with Crippen molar-refractivity contribution < 1.29 is 14.3 Å². The lowest BCUT2D eigenvalue weighted by atomic mass is 10.0. The molecule has 100 valence electrons. The topological polar surface area (TPSA) is 95.3 Å². The lowest BCUT2D eigenvalue weighted by Crippen LogP contribution is -2.34. The molecule has 0 spiro atoms. The van der Waals surface area contributed by atoms with Crippen molar-refractivity contribution in [3.8, 4) is 0 Å². The number of β-amino-alcohol motifs (C(OH)–C–C–N with tert-alkyl or cyclic N) is 1. The van der Waals surface area contributed by atoms with E-state index in [1.165, 1.54) is 17.4 Å². The Kier molecular flexibility index (Phi) is 2.90. The molecule has 0 saturated carbocycles. The molecule has 1 aliphatic rings. The number of nitrogens with zero attached hydrogens (tertiary/aromatic N) is 3. The van der Waals surface area contributed by atoms with Gasteiger partial charge < -0.3 is 14.4 Å². The van der Waals surface area contributed by atoms with Crippen molar-refractivity contribution in [2.45, 2.75) is 12.0 Å². The van der Waals surface area contributed by atoms with E-state index in [2.05, 4.69) is 31.3 Å². The van der Waals surface area contributed by atoms with Gasteiger partial charge in [0.2, 0.25) is 5.76 Å². The molecule has 3 rings (SSSR count). The fraction of sp³-hybridized carbons (Fsp3) is 0.364. The van der Waals surface area contributed by atoms with Crippen LogP contribution >= 0.6 is 15.9 Å². The van der Waals surface area contributed by atoms with Gasteiger partial charge in [0.1, 0.15) is 11.3 Å². The van der Waals surface area contributed by atoms with Crippen LogP contribution in [0.2, 0.25) is 0 Å². The van der Waals surface area contributed by atoms with Crippen LogP contribution in [0.3, 0.4) is 0 Å². The Morgan fingerprint density at radius 1 is 1.63 bits per heavy atom. The van der Waals surface area contributed by atoms with Crippen LogP contribution in [0.25, 0.3) is 0 Å². The molecule has 1 unspecified atom stereocenters. The number of carbonyl (C=O) groups excluding carboxylic acids is 1. The average Bonchev–Trinajstić information content (AvgIpc) is 3.08. The van der Waals surface area contributed by atoms with Crippen LogP contribution in [0.15, 0.2) is 27.4 Å². The molecule has 1 atom stereocenters. The van der Waals surface area contributed by atoms with Crippen molar-refractivity contribution in [3.63, 3.8) is 0 Å². The van der Waals surface area contributed by atoms with E-state index in [0.717, 1.165) is 0 Å². The van der Waals surface area contributed by atoms with E-state index >= 15 is 0 Å². The smallest absolute Gasteiger partial charge is 0.290 e. The first-order valence-corrected chi connectivity index (χ1v) is 6.50. The van der Waals surface area contributed by atoms with Crippen molar-refractivity contribution in [1.82, 2.24) is 20.3 Å². The molecule has 8 heteroatoms. The maximum atomic E-state index is 12.2. The van der Waals surface area contributed by atoms with Crippen LogP contribution < -0.4 is 0 Å². The Balaban J connectivity index is 1.80. The number of amides is 1. The van der Waals surface area contributed by atoms with Gasteiger partial charge in [-0.1, -0.05) is 0 Å². The van der Waals surface area contributed by atoms with E-state index in [0.29, 0.717) is 23.1 Å². The van der Waals surface area contributed by atoms with E-state index in [1.54, 1.807) is 6.07 Å². The van der Waals surface area contributed by atoms with Gasteiger partial charge in [-0.05, 0) is 22.0 Å². The molecular weight excluding hydrogens is 316 g/mol. The SMILES string of the molecule is O=C(c1occc1Br)N1CCC(O)(c2cn[nH]n2)C1. The van der Waals surface area contributed by atoms with Crippen LogP contribution in [-0.2, 0) is 5.60 Å². The van der Waals surface area contributed by atoms with Gasteiger partial charge in [0.05, 0.1) is 23.5 Å². The minimum atomic E-state index is -1.15. The molecular formula is C11H11BrN4O3. The number of aromatic amines is 1. The zero-order chi connectivity index (χ0) is 13.5. The summed E-state index contributed by atoms with van der Waals surface area (Å²) in [6.07, 6.45) is 3.33. The second kappa shape index (κ2) is 4.46. The standard InChI is InChI=1S/C11H11BrN4O3/c12-7-1-4-19-9(7)10(17)16-3-2-11(18,6-16)8-5-13-15-14-8/h1,4-5,18H,2-3,6H2,(H,13,14,15). The number of H-pyrrole nitrogens is 1. The molecule has 0 radical (unpaired) electrons.